The third kappa shape index (κ3) is 8.87. The highest BCUT2D eigenvalue weighted by Gasteiger charge is 2.13. The average Bonchev–Trinajstić information content (AvgIpc) is 3.02. The van der Waals surface area contributed by atoms with Gasteiger partial charge in [0.05, 0.1) is 16.8 Å². The number of anilines is 4. The number of carbonyl (C=O) groups is 3. The van der Waals surface area contributed by atoms with Crippen LogP contribution in [0.5, 0.6) is 5.75 Å². The molecular formula is C36H34N4O6. The van der Waals surface area contributed by atoms with Gasteiger partial charge in [-0.25, -0.2) is 9.59 Å². The molecule has 0 aromatic heterocycles. The quantitative estimate of drug-likeness (QED) is 0.0867. The highest BCUT2D eigenvalue weighted by molar-refractivity contribution is 5.93. The van der Waals surface area contributed by atoms with Crippen molar-refractivity contribution in [1.29, 1.82) is 0 Å². The predicted octanol–water partition coefficient (Wildman–Crippen LogP) is 5.41. The van der Waals surface area contributed by atoms with Crippen LogP contribution in [-0.2, 0) is 24.1 Å². The second-order valence-corrected chi connectivity index (χ2v) is 10.6. The summed E-state index contributed by atoms with van der Waals surface area (Å²) in [6.45, 7) is 0.307. The van der Waals surface area contributed by atoms with E-state index in [1.807, 2.05) is 60.7 Å². The maximum atomic E-state index is 11.7. The van der Waals surface area contributed by atoms with Crippen molar-refractivity contribution in [3.8, 4) is 5.75 Å². The van der Waals surface area contributed by atoms with E-state index in [0.717, 1.165) is 33.4 Å². The molecule has 0 fully saturated rings. The lowest BCUT2D eigenvalue weighted by molar-refractivity contribution is -0.120. The minimum absolute atomic E-state index is 0.0623. The Morgan fingerprint density at radius 2 is 1.11 bits per heavy atom. The van der Waals surface area contributed by atoms with Gasteiger partial charge < -0.3 is 37.9 Å². The molecule has 0 radical (unpaired) electrons. The summed E-state index contributed by atoms with van der Waals surface area (Å²) in [6.07, 6.45) is 1.67. The zero-order chi connectivity index (χ0) is 33.2. The molecule has 0 aliphatic heterocycles. The second kappa shape index (κ2) is 14.9. The van der Waals surface area contributed by atoms with E-state index < -0.39 is 11.9 Å². The van der Waals surface area contributed by atoms with Crippen LogP contribution >= 0.6 is 0 Å². The average molecular weight is 619 g/mol. The maximum absolute atomic E-state index is 11.7. The van der Waals surface area contributed by atoms with E-state index in [4.69, 9.17) is 32.8 Å². The summed E-state index contributed by atoms with van der Waals surface area (Å²) < 4.78 is 4.78. The topological polar surface area (TPSA) is 205 Å². The molecule has 0 bridgehead atoms. The van der Waals surface area contributed by atoms with Crippen LogP contribution in [0, 0.1) is 0 Å². The summed E-state index contributed by atoms with van der Waals surface area (Å²) in [5.74, 6) is -1.72. The van der Waals surface area contributed by atoms with Gasteiger partial charge in [-0.15, -0.1) is 0 Å². The fourth-order valence-electron chi connectivity index (χ4n) is 4.86. The number of carboxylic acids is 2. The predicted molar refractivity (Wildman–Crippen MR) is 179 cm³/mol. The molecule has 10 nitrogen and oxygen atoms in total. The molecule has 5 aromatic rings. The first-order valence-corrected chi connectivity index (χ1v) is 14.2. The first kappa shape index (κ1) is 32.6. The van der Waals surface area contributed by atoms with Gasteiger partial charge in [0.15, 0.2) is 5.75 Å². The molecule has 5 aromatic carbocycles. The Kier molecular flexibility index (Phi) is 10.6. The molecule has 0 aliphatic carbocycles. The summed E-state index contributed by atoms with van der Waals surface area (Å²) >= 11 is 0. The van der Waals surface area contributed by atoms with Gasteiger partial charge in [0.2, 0.25) is 0 Å². The van der Waals surface area contributed by atoms with Crippen LogP contribution < -0.4 is 27.7 Å². The zero-order valence-corrected chi connectivity index (χ0v) is 24.9. The molecule has 234 valence electrons. The highest BCUT2D eigenvalue weighted by atomic mass is 16.5. The van der Waals surface area contributed by atoms with Gasteiger partial charge in [0.1, 0.15) is 0 Å². The standard InChI is InChI=1S/C21H20N2O2.C15H14N2O4/c22-18-8-5-14(6-9-18)10-16-4-7-17(20(13-16)21(24)25)11-15-2-1-3-19(23)12-15;16-12-3-1-9(6-11(12)15(19)20)5-10-2-4-13(17)14(7-10)21-8-18/h1-9,12-13H,10-11,22-23H2,(H,24,25);1-4,6-8H,5,16-17H2,(H,19,20). The van der Waals surface area contributed by atoms with Gasteiger partial charge in [0.25, 0.3) is 6.47 Å². The summed E-state index contributed by atoms with van der Waals surface area (Å²) in [5, 5.41) is 18.6. The first-order chi connectivity index (χ1) is 22.0. The maximum Gasteiger partial charge on any atom is 0.337 e. The Labute approximate surface area is 265 Å². The number of benzene rings is 5. The number of nitrogens with two attached hydrogens (primary N) is 4. The van der Waals surface area contributed by atoms with Crippen LogP contribution in [0.25, 0.3) is 0 Å². The van der Waals surface area contributed by atoms with E-state index in [2.05, 4.69) is 0 Å². The van der Waals surface area contributed by atoms with Crippen molar-refractivity contribution in [2.75, 3.05) is 22.9 Å². The van der Waals surface area contributed by atoms with E-state index in [1.165, 1.54) is 6.07 Å². The van der Waals surface area contributed by atoms with Gasteiger partial charge in [-0.1, -0.05) is 48.5 Å². The Balaban J connectivity index is 0.000000212. The molecule has 10 N–H and O–H groups in total. The Morgan fingerprint density at radius 3 is 1.74 bits per heavy atom. The minimum atomic E-state index is -1.07. The van der Waals surface area contributed by atoms with Crippen molar-refractivity contribution in [3.63, 3.8) is 0 Å². The van der Waals surface area contributed by atoms with E-state index in [0.29, 0.717) is 48.4 Å². The van der Waals surface area contributed by atoms with Gasteiger partial charge >= 0.3 is 11.9 Å². The van der Waals surface area contributed by atoms with Crippen LogP contribution in [0.4, 0.5) is 22.7 Å². The lowest BCUT2D eigenvalue weighted by Gasteiger charge is -2.10. The van der Waals surface area contributed by atoms with Crippen LogP contribution in [0.15, 0.2) is 103 Å². The van der Waals surface area contributed by atoms with Crippen molar-refractivity contribution in [1.82, 2.24) is 0 Å². The normalized spacial score (nSPS) is 10.3. The van der Waals surface area contributed by atoms with Crippen molar-refractivity contribution < 1.29 is 29.3 Å². The number of aromatic carboxylic acids is 2. The van der Waals surface area contributed by atoms with Crippen molar-refractivity contribution in [2.24, 2.45) is 0 Å². The second-order valence-electron chi connectivity index (χ2n) is 10.6. The number of carbonyl (C=O) groups excluding carboxylic acids is 1. The summed E-state index contributed by atoms with van der Waals surface area (Å²) in [4.78, 5) is 33.1. The number of hydrogen-bond donors (Lipinski definition) is 6. The molecule has 46 heavy (non-hydrogen) atoms. The number of ether oxygens (including phenoxy) is 1. The van der Waals surface area contributed by atoms with Crippen molar-refractivity contribution in [2.45, 2.75) is 19.3 Å². The SMILES string of the molecule is Nc1ccc(Cc2ccc(Cc3cccc(N)c3)c(C(=O)O)c2)cc1.Nc1ccc(Cc2ccc(N)c(C(=O)O)c2)cc1OC=O. The third-order valence-corrected chi connectivity index (χ3v) is 7.15. The van der Waals surface area contributed by atoms with Gasteiger partial charge in [-0.05, 0) is 107 Å². The number of nitrogen functional groups attached to an aromatic ring is 4. The lowest BCUT2D eigenvalue weighted by Crippen LogP contribution is -2.05. The van der Waals surface area contributed by atoms with Gasteiger partial charge in [-0.2, -0.15) is 0 Å². The van der Waals surface area contributed by atoms with Crippen molar-refractivity contribution in [3.05, 3.63) is 148 Å². The fourth-order valence-corrected chi connectivity index (χ4v) is 4.86. The molecule has 0 heterocycles. The van der Waals surface area contributed by atoms with E-state index in [-0.39, 0.29) is 17.0 Å². The number of carboxylic acid groups (broad SMARTS) is 2. The molecule has 0 aliphatic rings. The fraction of sp³-hybridized carbons (Fsp3) is 0.0833. The van der Waals surface area contributed by atoms with E-state index in [1.54, 1.807) is 36.4 Å². The summed E-state index contributed by atoms with van der Waals surface area (Å²) in [7, 11) is 0. The number of rotatable bonds is 10. The molecule has 0 amide bonds. The van der Waals surface area contributed by atoms with Crippen LogP contribution in [0.1, 0.15) is 54.1 Å². The largest absolute Gasteiger partial charge is 0.478 e. The van der Waals surface area contributed by atoms with Crippen LogP contribution in [0.3, 0.4) is 0 Å². The van der Waals surface area contributed by atoms with E-state index >= 15 is 0 Å². The Hall–Kier alpha value is -6.29. The smallest absolute Gasteiger partial charge is 0.337 e. The molecule has 0 unspecified atom stereocenters. The first-order valence-electron chi connectivity index (χ1n) is 14.2. The molecular weight excluding hydrogens is 584 g/mol. The molecule has 0 saturated heterocycles. The molecule has 10 heteroatoms. The van der Waals surface area contributed by atoms with Crippen molar-refractivity contribution >= 4 is 41.2 Å². The highest BCUT2D eigenvalue weighted by Crippen LogP contribution is 2.25. The summed E-state index contributed by atoms with van der Waals surface area (Å²) in [6, 6.07) is 30.6. The van der Waals surface area contributed by atoms with Gasteiger partial charge in [-0.3, -0.25) is 4.79 Å². The Morgan fingerprint density at radius 1 is 0.565 bits per heavy atom. The summed E-state index contributed by atoms with van der Waals surface area (Å²) in [5.41, 5.74) is 30.6. The molecule has 0 saturated carbocycles. The van der Waals surface area contributed by atoms with Gasteiger partial charge in [0, 0.05) is 17.1 Å². The van der Waals surface area contributed by atoms with Crippen LogP contribution in [-0.4, -0.2) is 28.6 Å². The zero-order valence-electron chi connectivity index (χ0n) is 24.9. The monoisotopic (exact) mass is 618 g/mol. The minimum Gasteiger partial charge on any atom is -0.478 e. The Bertz CT molecular complexity index is 1870. The number of hydrogen-bond acceptors (Lipinski definition) is 8. The van der Waals surface area contributed by atoms with E-state index in [9.17, 15) is 19.5 Å². The molecule has 0 atom stereocenters. The lowest BCUT2D eigenvalue weighted by atomic mass is 9.95. The molecule has 5 rings (SSSR count). The van der Waals surface area contributed by atoms with Crippen LogP contribution in [0.2, 0.25) is 0 Å². The molecule has 0 spiro atoms. The third-order valence-electron chi connectivity index (χ3n) is 7.15.